The molecule has 0 aliphatic heterocycles. The van der Waals surface area contributed by atoms with Gasteiger partial charge in [-0.1, -0.05) is 13.8 Å². The second-order valence-corrected chi connectivity index (χ2v) is 4.53. The van der Waals surface area contributed by atoms with Crippen molar-refractivity contribution in [1.82, 2.24) is 14.9 Å². The molecule has 0 fully saturated rings. The molecule has 1 aromatic rings. The Bertz CT molecular complexity index is 337. The molecule has 16 heavy (non-hydrogen) atoms. The molecule has 1 aromatic heterocycles. The molecule has 0 radical (unpaired) electrons. The standard InChI is InChI=1S/C12H21N3O/c1-9(2)11-10(3)8-13-12(14-11)16-7-6-15(4)5/h8-9H,6-7H2,1-5H3. The van der Waals surface area contributed by atoms with Crippen molar-refractivity contribution < 1.29 is 4.74 Å². The van der Waals surface area contributed by atoms with Gasteiger partial charge in [0.2, 0.25) is 0 Å². The van der Waals surface area contributed by atoms with Crippen LogP contribution in [0.1, 0.15) is 31.0 Å². The highest BCUT2D eigenvalue weighted by molar-refractivity contribution is 5.20. The molecule has 0 amide bonds. The lowest BCUT2D eigenvalue weighted by Gasteiger charge is -2.12. The van der Waals surface area contributed by atoms with Gasteiger partial charge in [0, 0.05) is 12.7 Å². The second kappa shape index (κ2) is 5.80. The van der Waals surface area contributed by atoms with E-state index < -0.39 is 0 Å². The summed E-state index contributed by atoms with van der Waals surface area (Å²) in [4.78, 5) is 10.7. The summed E-state index contributed by atoms with van der Waals surface area (Å²) >= 11 is 0. The number of hydrogen-bond donors (Lipinski definition) is 0. The third kappa shape index (κ3) is 3.77. The van der Waals surface area contributed by atoms with Crippen LogP contribution in [0.4, 0.5) is 0 Å². The van der Waals surface area contributed by atoms with E-state index in [1.165, 1.54) is 0 Å². The predicted molar refractivity (Wildman–Crippen MR) is 64.9 cm³/mol. The summed E-state index contributed by atoms with van der Waals surface area (Å²) < 4.78 is 5.50. The molecule has 90 valence electrons. The Balaban J connectivity index is 2.64. The van der Waals surface area contributed by atoms with Crippen LogP contribution in [-0.4, -0.2) is 42.1 Å². The van der Waals surface area contributed by atoms with E-state index in [9.17, 15) is 0 Å². The predicted octanol–water partition coefficient (Wildman–Crippen LogP) is 1.85. The summed E-state index contributed by atoms with van der Waals surface area (Å²) in [5.41, 5.74) is 2.19. The lowest BCUT2D eigenvalue weighted by atomic mass is 10.1. The lowest BCUT2D eigenvalue weighted by Crippen LogP contribution is -2.20. The van der Waals surface area contributed by atoms with E-state index in [1.807, 2.05) is 27.2 Å². The molecule has 0 atom stereocenters. The molecule has 0 saturated carbocycles. The van der Waals surface area contributed by atoms with E-state index in [0.29, 0.717) is 18.5 Å². The molecule has 0 N–H and O–H groups in total. The molecule has 0 aromatic carbocycles. The molecule has 0 aliphatic rings. The van der Waals surface area contributed by atoms with Crippen molar-refractivity contribution in [3.05, 3.63) is 17.5 Å². The van der Waals surface area contributed by atoms with Gasteiger partial charge in [-0.25, -0.2) is 4.98 Å². The van der Waals surface area contributed by atoms with Crippen LogP contribution in [0, 0.1) is 6.92 Å². The van der Waals surface area contributed by atoms with Crippen LogP contribution in [-0.2, 0) is 0 Å². The Hall–Kier alpha value is -1.16. The molecule has 4 nitrogen and oxygen atoms in total. The zero-order valence-corrected chi connectivity index (χ0v) is 10.8. The van der Waals surface area contributed by atoms with Gasteiger partial charge in [0.15, 0.2) is 0 Å². The molecule has 1 heterocycles. The van der Waals surface area contributed by atoms with E-state index in [4.69, 9.17) is 4.74 Å². The smallest absolute Gasteiger partial charge is 0.316 e. The third-order valence-corrected chi connectivity index (χ3v) is 2.31. The highest BCUT2D eigenvalue weighted by Gasteiger charge is 2.08. The Morgan fingerprint density at radius 3 is 2.62 bits per heavy atom. The summed E-state index contributed by atoms with van der Waals surface area (Å²) in [6.07, 6.45) is 1.83. The lowest BCUT2D eigenvalue weighted by molar-refractivity contribution is 0.244. The van der Waals surface area contributed by atoms with Gasteiger partial charge in [0.25, 0.3) is 0 Å². The monoisotopic (exact) mass is 223 g/mol. The Labute approximate surface area is 97.7 Å². The average molecular weight is 223 g/mol. The first-order valence-corrected chi connectivity index (χ1v) is 5.61. The first-order valence-electron chi connectivity index (χ1n) is 5.61. The molecular weight excluding hydrogens is 202 g/mol. The van der Waals surface area contributed by atoms with Crippen LogP contribution in [0.5, 0.6) is 6.01 Å². The Kier molecular flexibility index (Phi) is 4.68. The molecule has 0 saturated heterocycles. The summed E-state index contributed by atoms with van der Waals surface area (Å²) in [6, 6.07) is 0.483. The summed E-state index contributed by atoms with van der Waals surface area (Å²) in [5.74, 6) is 0.402. The normalized spacial score (nSPS) is 11.2. The van der Waals surface area contributed by atoms with Gasteiger partial charge in [0.05, 0.1) is 5.69 Å². The number of likely N-dealkylation sites (N-methyl/N-ethyl adjacent to an activating group) is 1. The van der Waals surface area contributed by atoms with Crippen molar-refractivity contribution in [1.29, 1.82) is 0 Å². The zero-order valence-electron chi connectivity index (χ0n) is 10.8. The van der Waals surface area contributed by atoms with Gasteiger partial charge < -0.3 is 9.64 Å². The van der Waals surface area contributed by atoms with Crippen molar-refractivity contribution in [3.63, 3.8) is 0 Å². The number of aryl methyl sites for hydroxylation is 1. The van der Waals surface area contributed by atoms with Gasteiger partial charge in [-0.05, 0) is 32.5 Å². The van der Waals surface area contributed by atoms with Crippen LogP contribution < -0.4 is 4.74 Å². The number of hydrogen-bond acceptors (Lipinski definition) is 4. The number of aromatic nitrogens is 2. The summed E-state index contributed by atoms with van der Waals surface area (Å²) in [5, 5.41) is 0. The minimum absolute atomic E-state index is 0.402. The number of nitrogens with zero attached hydrogens (tertiary/aromatic N) is 3. The van der Waals surface area contributed by atoms with Crippen LogP contribution in [0.25, 0.3) is 0 Å². The molecule has 0 spiro atoms. The fourth-order valence-corrected chi connectivity index (χ4v) is 1.41. The summed E-state index contributed by atoms with van der Waals surface area (Å²) in [7, 11) is 4.03. The molecular formula is C12H21N3O. The highest BCUT2D eigenvalue weighted by Crippen LogP contribution is 2.17. The second-order valence-electron chi connectivity index (χ2n) is 4.53. The van der Waals surface area contributed by atoms with E-state index >= 15 is 0 Å². The van der Waals surface area contributed by atoms with Crippen molar-refractivity contribution in [3.8, 4) is 6.01 Å². The fourth-order valence-electron chi connectivity index (χ4n) is 1.41. The van der Waals surface area contributed by atoms with Crippen molar-refractivity contribution in [2.24, 2.45) is 0 Å². The first kappa shape index (κ1) is 12.9. The quantitative estimate of drug-likeness (QED) is 0.763. The van der Waals surface area contributed by atoms with Gasteiger partial charge in [-0.15, -0.1) is 0 Å². The van der Waals surface area contributed by atoms with Crippen molar-refractivity contribution in [2.45, 2.75) is 26.7 Å². The van der Waals surface area contributed by atoms with Crippen LogP contribution in [0.15, 0.2) is 6.20 Å². The maximum absolute atomic E-state index is 5.50. The Morgan fingerprint density at radius 2 is 2.06 bits per heavy atom. The minimum Gasteiger partial charge on any atom is -0.462 e. The SMILES string of the molecule is Cc1cnc(OCCN(C)C)nc1C(C)C. The van der Waals surface area contributed by atoms with E-state index in [1.54, 1.807) is 0 Å². The van der Waals surface area contributed by atoms with Gasteiger partial charge in [0.1, 0.15) is 6.61 Å². The van der Waals surface area contributed by atoms with Crippen molar-refractivity contribution in [2.75, 3.05) is 27.2 Å². The third-order valence-electron chi connectivity index (χ3n) is 2.31. The molecule has 0 aliphatic carbocycles. The van der Waals surface area contributed by atoms with Crippen molar-refractivity contribution >= 4 is 0 Å². The molecule has 1 rings (SSSR count). The molecule has 0 unspecified atom stereocenters. The first-order chi connectivity index (χ1) is 7.50. The highest BCUT2D eigenvalue weighted by atomic mass is 16.5. The van der Waals surface area contributed by atoms with Crippen LogP contribution in [0.3, 0.4) is 0 Å². The summed E-state index contributed by atoms with van der Waals surface area (Å²) in [6.45, 7) is 7.76. The fraction of sp³-hybridized carbons (Fsp3) is 0.667. The molecule has 4 heteroatoms. The van der Waals surface area contributed by atoms with Gasteiger partial charge in [-0.3, -0.25) is 0 Å². The largest absolute Gasteiger partial charge is 0.462 e. The van der Waals surface area contributed by atoms with Crippen LogP contribution >= 0.6 is 0 Å². The topological polar surface area (TPSA) is 38.2 Å². The minimum atomic E-state index is 0.402. The number of rotatable bonds is 5. The van der Waals surface area contributed by atoms with Gasteiger partial charge in [-0.2, -0.15) is 4.98 Å². The maximum atomic E-state index is 5.50. The van der Waals surface area contributed by atoms with Crippen LogP contribution in [0.2, 0.25) is 0 Å². The zero-order chi connectivity index (χ0) is 12.1. The Morgan fingerprint density at radius 1 is 1.38 bits per heavy atom. The average Bonchev–Trinajstić information content (AvgIpc) is 2.19. The van der Waals surface area contributed by atoms with E-state index in [0.717, 1.165) is 17.8 Å². The van der Waals surface area contributed by atoms with Gasteiger partial charge >= 0.3 is 6.01 Å². The molecule has 0 bridgehead atoms. The maximum Gasteiger partial charge on any atom is 0.316 e. The van der Waals surface area contributed by atoms with E-state index in [-0.39, 0.29) is 0 Å². The number of ether oxygens (including phenoxy) is 1. The van der Waals surface area contributed by atoms with E-state index in [2.05, 4.69) is 28.7 Å².